The third kappa shape index (κ3) is 4.80. The van der Waals surface area contributed by atoms with Crippen LogP contribution >= 0.6 is 11.6 Å². The van der Waals surface area contributed by atoms with Crippen LogP contribution in [0.1, 0.15) is 17.5 Å². The van der Waals surface area contributed by atoms with Crippen molar-refractivity contribution in [2.75, 3.05) is 37.7 Å². The molecule has 0 spiro atoms. The molecule has 0 bridgehead atoms. The molecule has 1 heterocycles. The van der Waals surface area contributed by atoms with E-state index in [2.05, 4.69) is 4.90 Å². The highest BCUT2D eigenvalue weighted by Crippen LogP contribution is 2.23. The molecule has 0 unspecified atom stereocenters. The van der Waals surface area contributed by atoms with Gasteiger partial charge in [-0.25, -0.2) is 0 Å². The fourth-order valence-electron chi connectivity index (χ4n) is 3.69. The van der Waals surface area contributed by atoms with Gasteiger partial charge in [-0.1, -0.05) is 23.7 Å². The predicted octanol–water partition coefficient (Wildman–Crippen LogP) is 3.60. The molecule has 29 heavy (non-hydrogen) atoms. The standard InChI is InChI=1S/C23H23ClN2O3/c24-19-3-5-20(6-4-19)25-10-12-26(13-11-25)23(28)9-14-29-22-8-2-17-15-21(27)7-1-18(17)16-22/h1-8,16H,9-15H2. The third-order valence-corrected chi connectivity index (χ3v) is 5.59. The molecule has 0 radical (unpaired) electrons. The van der Waals surface area contributed by atoms with E-state index in [-0.39, 0.29) is 11.7 Å². The van der Waals surface area contributed by atoms with Gasteiger partial charge in [0.25, 0.3) is 0 Å². The van der Waals surface area contributed by atoms with E-state index >= 15 is 0 Å². The van der Waals surface area contributed by atoms with Crippen molar-refractivity contribution in [2.45, 2.75) is 12.8 Å². The van der Waals surface area contributed by atoms with Crippen molar-refractivity contribution in [3.63, 3.8) is 0 Å². The molecule has 1 saturated heterocycles. The molecule has 1 fully saturated rings. The van der Waals surface area contributed by atoms with E-state index < -0.39 is 0 Å². The van der Waals surface area contributed by atoms with Gasteiger partial charge in [0, 0.05) is 43.3 Å². The molecular weight excluding hydrogens is 388 g/mol. The predicted molar refractivity (Wildman–Crippen MR) is 115 cm³/mol. The smallest absolute Gasteiger partial charge is 0.226 e. The van der Waals surface area contributed by atoms with E-state index in [0.717, 1.165) is 40.7 Å². The molecule has 2 aliphatic rings. The number of hydrogen-bond acceptors (Lipinski definition) is 4. The van der Waals surface area contributed by atoms with Gasteiger partial charge < -0.3 is 14.5 Å². The maximum absolute atomic E-state index is 12.5. The lowest BCUT2D eigenvalue weighted by Gasteiger charge is -2.36. The first-order valence-corrected chi connectivity index (χ1v) is 10.2. The number of anilines is 1. The minimum Gasteiger partial charge on any atom is -0.493 e. The monoisotopic (exact) mass is 410 g/mol. The number of hydrogen-bond donors (Lipinski definition) is 0. The molecule has 0 saturated carbocycles. The molecule has 1 aliphatic carbocycles. The SMILES string of the molecule is O=C1C=Cc2cc(OCCC(=O)N3CCN(c4ccc(Cl)cc4)CC3)ccc2C1. The van der Waals surface area contributed by atoms with Crippen LogP contribution in [0.25, 0.3) is 6.08 Å². The van der Waals surface area contributed by atoms with Gasteiger partial charge in [-0.2, -0.15) is 0 Å². The first-order chi connectivity index (χ1) is 14.1. The highest BCUT2D eigenvalue weighted by atomic mass is 35.5. The molecule has 2 aromatic rings. The van der Waals surface area contributed by atoms with Crippen molar-refractivity contribution < 1.29 is 14.3 Å². The molecule has 2 aromatic carbocycles. The summed E-state index contributed by atoms with van der Waals surface area (Å²) in [4.78, 5) is 28.1. The average molecular weight is 411 g/mol. The number of nitrogens with zero attached hydrogens (tertiary/aromatic N) is 2. The average Bonchev–Trinajstić information content (AvgIpc) is 2.74. The van der Waals surface area contributed by atoms with Crippen LogP contribution < -0.4 is 9.64 Å². The first kappa shape index (κ1) is 19.5. The fraction of sp³-hybridized carbons (Fsp3) is 0.304. The van der Waals surface area contributed by atoms with Gasteiger partial charge in [0.05, 0.1) is 13.0 Å². The summed E-state index contributed by atoms with van der Waals surface area (Å²) < 4.78 is 5.77. The lowest BCUT2D eigenvalue weighted by molar-refractivity contribution is -0.132. The molecular formula is C23H23ClN2O3. The fourth-order valence-corrected chi connectivity index (χ4v) is 3.81. The Hall–Kier alpha value is -2.79. The minimum atomic E-state index is 0.115. The van der Waals surface area contributed by atoms with E-state index in [0.29, 0.717) is 32.5 Å². The van der Waals surface area contributed by atoms with E-state index in [1.807, 2.05) is 53.4 Å². The third-order valence-electron chi connectivity index (χ3n) is 5.34. The Bertz CT molecular complexity index is 932. The normalized spacial score (nSPS) is 16.0. The van der Waals surface area contributed by atoms with Gasteiger partial charge in [0.2, 0.25) is 5.91 Å². The number of rotatable bonds is 5. The summed E-state index contributed by atoms with van der Waals surface area (Å²) in [5, 5.41) is 0.728. The molecule has 0 N–H and O–H groups in total. The quantitative estimate of drug-likeness (QED) is 0.755. The number of benzene rings is 2. The number of ketones is 1. The molecule has 150 valence electrons. The maximum Gasteiger partial charge on any atom is 0.226 e. The summed E-state index contributed by atoms with van der Waals surface area (Å²) >= 11 is 5.95. The number of allylic oxidation sites excluding steroid dienone is 1. The van der Waals surface area contributed by atoms with Gasteiger partial charge in [-0.15, -0.1) is 0 Å². The summed E-state index contributed by atoms with van der Waals surface area (Å²) in [5.74, 6) is 0.959. The van der Waals surface area contributed by atoms with Crippen molar-refractivity contribution >= 4 is 35.1 Å². The highest BCUT2D eigenvalue weighted by molar-refractivity contribution is 6.30. The summed E-state index contributed by atoms with van der Waals surface area (Å²) in [6, 6.07) is 13.5. The highest BCUT2D eigenvalue weighted by Gasteiger charge is 2.21. The molecule has 1 amide bonds. The van der Waals surface area contributed by atoms with Gasteiger partial charge in [-0.3, -0.25) is 9.59 Å². The van der Waals surface area contributed by atoms with E-state index in [4.69, 9.17) is 16.3 Å². The van der Waals surface area contributed by atoms with Crippen LogP contribution in [0.2, 0.25) is 5.02 Å². The Labute approximate surface area is 175 Å². The van der Waals surface area contributed by atoms with Gasteiger partial charge in [-0.05, 0) is 53.6 Å². The lowest BCUT2D eigenvalue weighted by atomic mass is 9.96. The molecule has 6 heteroatoms. The summed E-state index contributed by atoms with van der Waals surface area (Å²) in [6.45, 7) is 3.38. The van der Waals surface area contributed by atoms with E-state index in [1.54, 1.807) is 6.08 Å². The topological polar surface area (TPSA) is 49.9 Å². The number of ether oxygens (including phenoxy) is 1. The molecule has 0 aromatic heterocycles. The molecule has 5 nitrogen and oxygen atoms in total. The molecule has 4 rings (SSSR count). The van der Waals surface area contributed by atoms with Crippen molar-refractivity contribution in [1.29, 1.82) is 0 Å². The van der Waals surface area contributed by atoms with Crippen molar-refractivity contribution in [1.82, 2.24) is 4.90 Å². The van der Waals surface area contributed by atoms with Crippen LogP contribution in [0.15, 0.2) is 48.5 Å². The number of piperazine rings is 1. The van der Waals surface area contributed by atoms with Crippen LogP contribution in [-0.4, -0.2) is 49.4 Å². The van der Waals surface area contributed by atoms with Crippen LogP contribution in [-0.2, 0) is 16.0 Å². The Morgan fingerprint density at radius 2 is 1.76 bits per heavy atom. The Morgan fingerprint density at radius 1 is 1.00 bits per heavy atom. The zero-order chi connectivity index (χ0) is 20.2. The summed E-state index contributed by atoms with van der Waals surface area (Å²) in [7, 11) is 0. The number of fused-ring (bicyclic) bond motifs is 1. The van der Waals surface area contributed by atoms with Crippen molar-refractivity contribution in [3.05, 3.63) is 64.7 Å². The van der Waals surface area contributed by atoms with Crippen LogP contribution in [0.3, 0.4) is 0 Å². The van der Waals surface area contributed by atoms with Gasteiger partial charge in [0.15, 0.2) is 5.78 Å². The number of halogens is 1. The zero-order valence-corrected chi connectivity index (χ0v) is 16.9. The van der Waals surface area contributed by atoms with Crippen molar-refractivity contribution in [3.8, 4) is 5.75 Å². The van der Waals surface area contributed by atoms with Crippen LogP contribution in [0, 0.1) is 0 Å². The molecule has 1 aliphatic heterocycles. The number of amides is 1. The van der Waals surface area contributed by atoms with E-state index in [9.17, 15) is 9.59 Å². The second-order valence-corrected chi connectivity index (χ2v) is 7.72. The van der Waals surface area contributed by atoms with Gasteiger partial charge >= 0.3 is 0 Å². The second-order valence-electron chi connectivity index (χ2n) is 7.28. The number of carbonyl (C=O) groups excluding carboxylic acids is 2. The Balaban J connectivity index is 1.23. The second kappa shape index (κ2) is 8.70. The van der Waals surface area contributed by atoms with Crippen LogP contribution in [0.5, 0.6) is 5.75 Å². The largest absolute Gasteiger partial charge is 0.493 e. The zero-order valence-electron chi connectivity index (χ0n) is 16.1. The van der Waals surface area contributed by atoms with Crippen LogP contribution in [0.4, 0.5) is 5.69 Å². The summed E-state index contributed by atoms with van der Waals surface area (Å²) in [6.07, 6.45) is 4.21. The minimum absolute atomic E-state index is 0.115. The van der Waals surface area contributed by atoms with E-state index in [1.165, 1.54) is 0 Å². The Kier molecular flexibility index (Phi) is 5.86. The Morgan fingerprint density at radius 3 is 2.52 bits per heavy atom. The first-order valence-electron chi connectivity index (χ1n) is 9.83. The lowest BCUT2D eigenvalue weighted by Crippen LogP contribution is -2.49. The summed E-state index contributed by atoms with van der Waals surface area (Å²) in [5.41, 5.74) is 3.15. The van der Waals surface area contributed by atoms with Gasteiger partial charge in [0.1, 0.15) is 5.75 Å². The molecule has 0 atom stereocenters. The maximum atomic E-state index is 12.5. The van der Waals surface area contributed by atoms with Crippen molar-refractivity contribution in [2.24, 2.45) is 0 Å². The number of carbonyl (C=O) groups is 2.